The lowest BCUT2D eigenvalue weighted by atomic mass is 9.89. The molecule has 4 aromatic carbocycles. The van der Waals surface area contributed by atoms with Crippen molar-refractivity contribution in [1.82, 2.24) is 0 Å². The number of rotatable bonds is 6. The fraction of sp³-hybridized carbons (Fsp3) is 0.0909. The number of fused-ring (bicyclic) bond motifs is 1. The van der Waals surface area contributed by atoms with Crippen LogP contribution in [0.3, 0.4) is 0 Å². The maximum atomic E-state index is 12.7. The summed E-state index contributed by atoms with van der Waals surface area (Å²) in [5, 5.41) is 0.462. The molecule has 1 saturated heterocycles. The molecule has 1 aliphatic heterocycles. The molecule has 0 spiro atoms. The van der Waals surface area contributed by atoms with E-state index in [2.05, 4.69) is 6.58 Å². The molecule has 0 amide bonds. The molecule has 5 aromatic rings. The van der Waals surface area contributed by atoms with E-state index in [1.807, 2.05) is 84.9 Å². The lowest BCUT2D eigenvalue weighted by Crippen LogP contribution is -2.33. The Hall–Kier alpha value is -4.90. The summed E-state index contributed by atoms with van der Waals surface area (Å²) < 4.78 is 18.1. The Morgan fingerprint density at radius 1 is 0.763 bits per heavy atom. The van der Waals surface area contributed by atoms with E-state index in [4.69, 9.17) is 13.9 Å². The minimum absolute atomic E-state index is 0.0799. The van der Waals surface area contributed by atoms with Crippen LogP contribution < -0.4 is 10.2 Å². The van der Waals surface area contributed by atoms with Gasteiger partial charge < -0.3 is 13.9 Å². The van der Waals surface area contributed by atoms with E-state index in [0.29, 0.717) is 34.5 Å². The molecule has 0 aliphatic carbocycles. The summed E-state index contributed by atoms with van der Waals surface area (Å²) in [4.78, 5) is 25.1. The van der Waals surface area contributed by atoms with Gasteiger partial charge in [-0.1, -0.05) is 91.5 Å². The molecule has 0 radical (unpaired) electrons. The summed E-state index contributed by atoms with van der Waals surface area (Å²) >= 11 is 0. The first-order valence-corrected chi connectivity index (χ1v) is 12.3. The second-order valence-corrected chi connectivity index (χ2v) is 9.40. The van der Waals surface area contributed by atoms with Crippen LogP contribution in [0.25, 0.3) is 33.4 Å². The van der Waals surface area contributed by atoms with E-state index in [1.165, 1.54) is 6.07 Å². The zero-order valence-corrected chi connectivity index (χ0v) is 20.6. The van der Waals surface area contributed by atoms with Crippen LogP contribution in [0, 0.1) is 0 Å². The van der Waals surface area contributed by atoms with E-state index < -0.39 is 11.6 Å². The summed E-state index contributed by atoms with van der Waals surface area (Å²) in [5.74, 6) is 0.550. The molecule has 6 rings (SSSR count). The molecule has 5 heteroatoms. The third-order valence-electron chi connectivity index (χ3n) is 6.82. The van der Waals surface area contributed by atoms with Gasteiger partial charge in [-0.15, -0.1) is 0 Å². The highest BCUT2D eigenvalue weighted by Crippen LogP contribution is 2.40. The van der Waals surface area contributed by atoms with Gasteiger partial charge in [0.1, 0.15) is 23.7 Å². The van der Waals surface area contributed by atoms with E-state index in [1.54, 1.807) is 18.2 Å². The van der Waals surface area contributed by atoms with E-state index in [0.717, 1.165) is 22.3 Å². The van der Waals surface area contributed by atoms with Crippen LogP contribution in [0.4, 0.5) is 0 Å². The number of esters is 1. The first-order chi connectivity index (χ1) is 18.5. The second-order valence-electron chi connectivity index (χ2n) is 9.40. The lowest BCUT2D eigenvalue weighted by Gasteiger charge is -2.28. The van der Waals surface area contributed by atoms with Gasteiger partial charge in [-0.05, 0) is 28.8 Å². The summed E-state index contributed by atoms with van der Waals surface area (Å²) in [6, 6.07) is 34.1. The molecular formula is C33H24O5. The first-order valence-electron chi connectivity index (χ1n) is 12.3. The van der Waals surface area contributed by atoms with Crippen LogP contribution in [0.15, 0.2) is 131 Å². The highest BCUT2D eigenvalue weighted by molar-refractivity contribution is 5.91. The van der Waals surface area contributed by atoms with E-state index >= 15 is 0 Å². The third-order valence-corrected chi connectivity index (χ3v) is 6.82. The van der Waals surface area contributed by atoms with Crippen molar-refractivity contribution in [3.8, 4) is 28.2 Å². The van der Waals surface area contributed by atoms with Crippen molar-refractivity contribution in [2.24, 2.45) is 0 Å². The van der Waals surface area contributed by atoms with Gasteiger partial charge in [0, 0.05) is 29.7 Å². The van der Waals surface area contributed by atoms with Crippen molar-refractivity contribution >= 4 is 16.9 Å². The average Bonchev–Trinajstić information content (AvgIpc) is 3.26. The van der Waals surface area contributed by atoms with E-state index in [9.17, 15) is 9.59 Å². The molecule has 186 valence electrons. The van der Waals surface area contributed by atoms with Gasteiger partial charge in [-0.25, -0.2) is 4.79 Å². The Morgan fingerprint density at radius 3 is 2.08 bits per heavy atom. The van der Waals surface area contributed by atoms with Crippen molar-refractivity contribution in [3.05, 3.63) is 137 Å². The Morgan fingerprint density at radius 2 is 1.42 bits per heavy atom. The molecule has 1 unspecified atom stereocenters. The van der Waals surface area contributed by atoms with Crippen molar-refractivity contribution < 1.29 is 18.7 Å². The Kier molecular flexibility index (Phi) is 5.89. The number of carbonyl (C=O) groups is 1. The summed E-state index contributed by atoms with van der Waals surface area (Å²) in [6.45, 7) is 3.97. The third kappa shape index (κ3) is 4.39. The quantitative estimate of drug-likeness (QED) is 0.187. The van der Waals surface area contributed by atoms with Gasteiger partial charge in [-0.2, -0.15) is 0 Å². The molecule has 38 heavy (non-hydrogen) atoms. The lowest BCUT2D eigenvalue weighted by molar-refractivity contribution is -0.150. The predicted octanol–water partition coefficient (Wildman–Crippen LogP) is 6.90. The molecular weight excluding hydrogens is 476 g/mol. The second kappa shape index (κ2) is 9.52. The standard InChI is InChI=1S/C33H24O5/c1-22-20-33(38-32(22)35,26-14-12-24(13-15-26)23-8-4-2-5-9-23)21-36-27-16-17-28-29(34)19-30(37-31(28)18-27)25-10-6-3-7-11-25/h2-19H,1,20-21H2. The van der Waals surface area contributed by atoms with Crippen molar-refractivity contribution in [3.63, 3.8) is 0 Å². The minimum Gasteiger partial charge on any atom is -0.489 e. The molecule has 2 heterocycles. The molecule has 0 saturated carbocycles. The van der Waals surface area contributed by atoms with Crippen LogP contribution in [0.2, 0.25) is 0 Å². The molecule has 1 aliphatic rings. The predicted molar refractivity (Wildman–Crippen MR) is 147 cm³/mol. The number of hydrogen-bond acceptors (Lipinski definition) is 5. The summed E-state index contributed by atoms with van der Waals surface area (Å²) in [6.07, 6.45) is 0.317. The van der Waals surface area contributed by atoms with Gasteiger partial charge in [0.15, 0.2) is 11.0 Å². The van der Waals surface area contributed by atoms with Crippen molar-refractivity contribution in [2.75, 3.05) is 6.61 Å². The van der Waals surface area contributed by atoms with Gasteiger partial charge >= 0.3 is 5.97 Å². The number of carbonyl (C=O) groups excluding carboxylic acids is 1. The minimum atomic E-state index is -1.01. The number of hydrogen-bond donors (Lipinski definition) is 0. The number of benzene rings is 4. The fourth-order valence-corrected chi connectivity index (χ4v) is 4.79. The zero-order chi connectivity index (χ0) is 26.1. The van der Waals surface area contributed by atoms with Crippen LogP contribution >= 0.6 is 0 Å². The molecule has 1 atom stereocenters. The van der Waals surface area contributed by atoms with Gasteiger partial charge in [0.2, 0.25) is 0 Å². The fourth-order valence-electron chi connectivity index (χ4n) is 4.79. The topological polar surface area (TPSA) is 65.7 Å². The van der Waals surface area contributed by atoms with Crippen LogP contribution in [0.5, 0.6) is 5.75 Å². The molecule has 1 aromatic heterocycles. The molecule has 0 N–H and O–H groups in total. The summed E-state index contributed by atoms with van der Waals surface area (Å²) in [5.41, 5.74) is 3.48. The highest BCUT2D eigenvalue weighted by atomic mass is 16.6. The monoisotopic (exact) mass is 500 g/mol. The van der Waals surface area contributed by atoms with E-state index in [-0.39, 0.29) is 12.0 Å². The van der Waals surface area contributed by atoms with Gasteiger partial charge in [-0.3, -0.25) is 4.79 Å². The average molecular weight is 501 g/mol. The smallest absolute Gasteiger partial charge is 0.334 e. The Labute approximate surface area is 219 Å². The van der Waals surface area contributed by atoms with Crippen molar-refractivity contribution in [1.29, 1.82) is 0 Å². The first kappa shape index (κ1) is 23.5. The van der Waals surface area contributed by atoms with Crippen LogP contribution in [-0.4, -0.2) is 12.6 Å². The van der Waals surface area contributed by atoms with Crippen LogP contribution in [-0.2, 0) is 15.1 Å². The molecule has 5 nitrogen and oxygen atoms in total. The zero-order valence-electron chi connectivity index (χ0n) is 20.6. The van der Waals surface area contributed by atoms with Gasteiger partial charge in [0.25, 0.3) is 0 Å². The Bertz CT molecular complexity index is 1680. The molecule has 1 fully saturated rings. The number of ether oxygens (including phenoxy) is 2. The normalized spacial score (nSPS) is 16.9. The van der Waals surface area contributed by atoms with Crippen molar-refractivity contribution in [2.45, 2.75) is 12.0 Å². The SMILES string of the molecule is C=C1CC(COc2ccc3c(=O)cc(-c4ccccc4)oc3c2)(c2ccc(-c3ccccc3)cc2)OC1=O. The maximum Gasteiger partial charge on any atom is 0.334 e. The molecule has 0 bridgehead atoms. The summed E-state index contributed by atoms with van der Waals surface area (Å²) in [7, 11) is 0. The maximum absolute atomic E-state index is 12.7. The van der Waals surface area contributed by atoms with Crippen LogP contribution in [0.1, 0.15) is 12.0 Å². The highest BCUT2D eigenvalue weighted by Gasteiger charge is 2.45. The largest absolute Gasteiger partial charge is 0.489 e. The number of cyclic esters (lactones) is 1. The van der Waals surface area contributed by atoms with Gasteiger partial charge in [0.05, 0.1) is 5.39 Å². The Balaban J connectivity index is 1.30.